The van der Waals surface area contributed by atoms with Crippen molar-refractivity contribution in [2.24, 2.45) is 0 Å². The Kier molecular flexibility index (Phi) is 3.15. The summed E-state index contributed by atoms with van der Waals surface area (Å²) < 4.78 is 0. The number of carbonyl (C=O) groups excluding carboxylic acids is 2. The highest BCUT2D eigenvalue weighted by atomic mass is 16.4. The van der Waals surface area contributed by atoms with Crippen LogP contribution < -0.4 is 5.32 Å². The molecule has 6 heteroatoms. The molecule has 1 aliphatic carbocycles. The number of hydrogen-bond donors (Lipinski definition) is 2. The van der Waals surface area contributed by atoms with Crippen LogP contribution in [0, 0.1) is 0 Å². The van der Waals surface area contributed by atoms with Crippen LogP contribution >= 0.6 is 0 Å². The number of hydrogen-bond acceptors (Lipinski definition) is 4. The van der Waals surface area contributed by atoms with Gasteiger partial charge in [-0.1, -0.05) is 0 Å². The number of aliphatic carboxylic acids is 1. The average Bonchev–Trinajstić information content (AvgIpc) is 2.52. The predicted molar refractivity (Wildman–Crippen MR) is 58.2 cm³/mol. The van der Waals surface area contributed by atoms with Gasteiger partial charge in [0, 0.05) is 25.9 Å². The first-order valence-corrected chi connectivity index (χ1v) is 5.87. The van der Waals surface area contributed by atoms with E-state index in [4.69, 9.17) is 5.11 Å². The zero-order chi connectivity index (χ0) is 12.5. The molecule has 2 rings (SSSR count). The zero-order valence-electron chi connectivity index (χ0n) is 9.57. The van der Waals surface area contributed by atoms with Gasteiger partial charge in [-0.2, -0.15) is 0 Å². The van der Waals surface area contributed by atoms with Crippen LogP contribution in [0.4, 0.5) is 0 Å². The van der Waals surface area contributed by atoms with Gasteiger partial charge in [0.2, 0.25) is 11.8 Å². The molecule has 1 heterocycles. The quantitative estimate of drug-likeness (QED) is 0.646. The number of carbonyl (C=O) groups is 3. The summed E-state index contributed by atoms with van der Waals surface area (Å²) in [4.78, 5) is 34.9. The van der Waals surface area contributed by atoms with Crippen molar-refractivity contribution in [3.63, 3.8) is 0 Å². The average molecular weight is 240 g/mol. The zero-order valence-corrected chi connectivity index (χ0v) is 9.57. The molecule has 2 amide bonds. The number of nitrogens with one attached hydrogen (secondary N) is 1. The molecule has 1 saturated carbocycles. The van der Waals surface area contributed by atoms with Gasteiger partial charge in [-0.15, -0.1) is 0 Å². The van der Waals surface area contributed by atoms with Gasteiger partial charge in [-0.05, 0) is 19.3 Å². The topological polar surface area (TPSA) is 86.7 Å². The Bertz CT molecular complexity index is 346. The second-order valence-electron chi connectivity index (χ2n) is 4.61. The van der Waals surface area contributed by atoms with Crippen LogP contribution in [0.25, 0.3) is 0 Å². The first kappa shape index (κ1) is 12.0. The second-order valence-corrected chi connectivity index (χ2v) is 4.61. The molecule has 94 valence electrons. The fourth-order valence-corrected chi connectivity index (χ4v) is 2.28. The van der Waals surface area contributed by atoms with Crippen LogP contribution in [0.3, 0.4) is 0 Å². The monoisotopic (exact) mass is 240 g/mol. The predicted octanol–water partition coefficient (Wildman–Crippen LogP) is -0.268. The number of likely N-dealkylation sites (tertiary alicyclic amines) is 1. The fraction of sp³-hybridized carbons (Fsp3) is 0.727. The molecule has 1 saturated heterocycles. The summed E-state index contributed by atoms with van der Waals surface area (Å²) in [6.07, 6.45) is 2.70. The molecule has 0 aromatic carbocycles. The Morgan fingerprint density at radius 1 is 1.29 bits per heavy atom. The largest absolute Gasteiger partial charge is 0.480 e. The first-order valence-electron chi connectivity index (χ1n) is 5.87. The van der Waals surface area contributed by atoms with Crippen LogP contribution in [-0.2, 0) is 14.4 Å². The molecule has 2 N–H and O–H groups in total. The molecule has 2 fully saturated rings. The van der Waals surface area contributed by atoms with Crippen molar-refractivity contribution in [3.8, 4) is 0 Å². The van der Waals surface area contributed by atoms with E-state index in [2.05, 4.69) is 5.32 Å². The number of rotatable bonds is 5. The third-order valence-electron chi connectivity index (χ3n) is 3.57. The van der Waals surface area contributed by atoms with Gasteiger partial charge < -0.3 is 10.4 Å². The molecular weight excluding hydrogens is 224 g/mol. The maximum atomic E-state index is 11.3. The normalized spacial score (nSPS) is 22.7. The van der Waals surface area contributed by atoms with E-state index < -0.39 is 11.5 Å². The van der Waals surface area contributed by atoms with Crippen molar-refractivity contribution in [2.75, 3.05) is 13.1 Å². The molecule has 0 aromatic rings. The Balaban J connectivity index is 1.81. The molecule has 6 nitrogen and oxygen atoms in total. The SMILES string of the molecule is O=C1CCC(=O)N1CCNC1(C(=O)O)CCC1. The third-order valence-corrected chi connectivity index (χ3v) is 3.57. The van der Waals surface area contributed by atoms with Crippen LogP contribution in [0.5, 0.6) is 0 Å². The number of amides is 2. The summed E-state index contributed by atoms with van der Waals surface area (Å²) in [5.74, 6) is -1.16. The molecule has 2 aliphatic rings. The van der Waals surface area contributed by atoms with Gasteiger partial charge in [-0.3, -0.25) is 19.3 Å². The molecule has 0 spiro atoms. The lowest BCUT2D eigenvalue weighted by Crippen LogP contribution is -2.58. The maximum absolute atomic E-state index is 11.3. The Labute approximate surface area is 99.0 Å². The highest BCUT2D eigenvalue weighted by Gasteiger charge is 2.44. The van der Waals surface area contributed by atoms with Gasteiger partial charge in [0.05, 0.1) is 0 Å². The summed E-state index contributed by atoms with van der Waals surface area (Å²) in [6, 6.07) is 0. The Hall–Kier alpha value is -1.43. The van der Waals surface area contributed by atoms with Crippen molar-refractivity contribution >= 4 is 17.8 Å². The Morgan fingerprint density at radius 2 is 1.88 bits per heavy atom. The number of carboxylic acids is 1. The van der Waals surface area contributed by atoms with E-state index >= 15 is 0 Å². The summed E-state index contributed by atoms with van der Waals surface area (Å²) in [6.45, 7) is 0.622. The molecular formula is C11H16N2O4. The van der Waals surface area contributed by atoms with Crippen molar-refractivity contribution in [1.82, 2.24) is 10.2 Å². The molecule has 0 aromatic heterocycles. The van der Waals surface area contributed by atoms with Gasteiger partial charge in [-0.25, -0.2) is 0 Å². The summed E-state index contributed by atoms with van der Waals surface area (Å²) in [7, 11) is 0. The Morgan fingerprint density at radius 3 is 2.29 bits per heavy atom. The lowest BCUT2D eigenvalue weighted by atomic mass is 9.77. The van der Waals surface area contributed by atoms with Gasteiger partial charge in [0.15, 0.2) is 0 Å². The van der Waals surface area contributed by atoms with E-state index in [1.807, 2.05) is 0 Å². The van der Waals surface area contributed by atoms with Gasteiger partial charge >= 0.3 is 5.97 Å². The minimum absolute atomic E-state index is 0.158. The number of imide groups is 1. The van der Waals surface area contributed by atoms with Crippen molar-refractivity contribution in [1.29, 1.82) is 0 Å². The minimum atomic E-state index is -0.845. The molecule has 0 bridgehead atoms. The maximum Gasteiger partial charge on any atom is 0.323 e. The highest BCUT2D eigenvalue weighted by Crippen LogP contribution is 2.31. The molecule has 0 atom stereocenters. The van der Waals surface area contributed by atoms with Crippen LogP contribution in [0.1, 0.15) is 32.1 Å². The molecule has 17 heavy (non-hydrogen) atoms. The van der Waals surface area contributed by atoms with Crippen LogP contribution in [0.2, 0.25) is 0 Å². The standard InChI is InChI=1S/C11H16N2O4/c14-8-2-3-9(15)13(8)7-6-12-11(10(16)17)4-1-5-11/h12H,1-7H2,(H,16,17). The van der Waals surface area contributed by atoms with E-state index in [-0.39, 0.29) is 31.2 Å². The molecule has 0 radical (unpaired) electrons. The van der Waals surface area contributed by atoms with Crippen LogP contribution in [0.15, 0.2) is 0 Å². The van der Waals surface area contributed by atoms with Crippen molar-refractivity contribution in [2.45, 2.75) is 37.6 Å². The lowest BCUT2D eigenvalue weighted by Gasteiger charge is -2.38. The van der Waals surface area contributed by atoms with E-state index in [1.54, 1.807) is 0 Å². The molecule has 1 aliphatic heterocycles. The smallest absolute Gasteiger partial charge is 0.323 e. The number of nitrogens with zero attached hydrogens (tertiary/aromatic N) is 1. The van der Waals surface area contributed by atoms with Crippen molar-refractivity contribution in [3.05, 3.63) is 0 Å². The fourth-order valence-electron chi connectivity index (χ4n) is 2.28. The molecule has 0 unspecified atom stereocenters. The van der Waals surface area contributed by atoms with E-state index in [0.29, 0.717) is 19.4 Å². The lowest BCUT2D eigenvalue weighted by molar-refractivity contribution is -0.148. The minimum Gasteiger partial charge on any atom is -0.480 e. The summed E-state index contributed by atoms with van der Waals surface area (Å²) >= 11 is 0. The first-order chi connectivity index (χ1) is 8.05. The third kappa shape index (κ3) is 2.17. The summed E-state index contributed by atoms with van der Waals surface area (Å²) in [5.41, 5.74) is -0.828. The van der Waals surface area contributed by atoms with Gasteiger partial charge in [0.25, 0.3) is 0 Å². The summed E-state index contributed by atoms with van der Waals surface area (Å²) in [5, 5.41) is 12.0. The van der Waals surface area contributed by atoms with Crippen LogP contribution in [-0.4, -0.2) is 46.4 Å². The van der Waals surface area contributed by atoms with E-state index in [9.17, 15) is 14.4 Å². The second kappa shape index (κ2) is 4.44. The van der Waals surface area contributed by atoms with Crippen molar-refractivity contribution < 1.29 is 19.5 Å². The van der Waals surface area contributed by atoms with E-state index in [1.165, 1.54) is 4.90 Å². The van der Waals surface area contributed by atoms with E-state index in [0.717, 1.165) is 6.42 Å². The van der Waals surface area contributed by atoms with Gasteiger partial charge in [0.1, 0.15) is 5.54 Å². The highest BCUT2D eigenvalue weighted by molar-refractivity contribution is 6.01. The number of carboxylic acid groups (broad SMARTS) is 1.